The summed E-state index contributed by atoms with van der Waals surface area (Å²) in [5.74, 6) is 1.78. The third-order valence-electron chi connectivity index (χ3n) is 3.50. The zero-order valence-corrected chi connectivity index (χ0v) is 12.0. The van der Waals surface area contributed by atoms with Crippen LogP contribution in [-0.2, 0) is 0 Å². The molecule has 0 aromatic heterocycles. The van der Waals surface area contributed by atoms with E-state index in [0.717, 1.165) is 22.6 Å². The van der Waals surface area contributed by atoms with E-state index in [1.54, 1.807) is 0 Å². The van der Waals surface area contributed by atoms with Gasteiger partial charge in [0.1, 0.15) is 11.5 Å². The Balaban J connectivity index is 2.45. The van der Waals surface area contributed by atoms with Crippen LogP contribution in [0.4, 0.5) is 0 Å². The summed E-state index contributed by atoms with van der Waals surface area (Å²) in [6.07, 6.45) is 0. The summed E-state index contributed by atoms with van der Waals surface area (Å²) in [4.78, 5) is 0. The highest BCUT2D eigenvalue weighted by Crippen LogP contribution is 2.33. The molecule has 0 saturated carbocycles. The number of ether oxygens (including phenoxy) is 1. The molecule has 0 saturated heterocycles. The highest BCUT2D eigenvalue weighted by molar-refractivity contribution is 5.48. The number of rotatable bonds is 3. The van der Waals surface area contributed by atoms with Crippen LogP contribution >= 0.6 is 0 Å². The summed E-state index contributed by atoms with van der Waals surface area (Å²) in [6, 6.07) is 12.1. The lowest BCUT2D eigenvalue weighted by Gasteiger charge is -2.17. The van der Waals surface area contributed by atoms with Gasteiger partial charge in [0, 0.05) is 11.6 Å². The third-order valence-corrected chi connectivity index (χ3v) is 3.50. The Morgan fingerprint density at radius 3 is 2.26 bits per heavy atom. The van der Waals surface area contributed by atoms with Crippen LogP contribution in [0.5, 0.6) is 11.5 Å². The molecule has 100 valence electrons. The minimum absolute atomic E-state index is 0.0402. The molecule has 2 aromatic carbocycles. The summed E-state index contributed by atoms with van der Waals surface area (Å²) < 4.78 is 6.13. The van der Waals surface area contributed by atoms with Gasteiger partial charge in [-0.2, -0.15) is 0 Å². The van der Waals surface area contributed by atoms with E-state index in [2.05, 4.69) is 32.9 Å². The summed E-state index contributed by atoms with van der Waals surface area (Å²) in [5.41, 5.74) is 10.6. The highest BCUT2D eigenvalue weighted by atomic mass is 16.5. The standard InChI is InChI=1S/C17H21NO/c1-11-9-10-12(2)17(13(11)3)19-16-8-6-5-7-15(16)14(4)18/h5-10,14H,18H2,1-4H3/t14-/m0/s1. The van der Waals surface area contributed by atoms with E-state index in [-0.39, 0.29) is 6.04 Å². The van der Waals surface area contributed by atoms with Crippen molar-refractivity contribution in [2.45, 2.75) is 33.7 Å². The second kappa shape index (κ2) is 5.45. The maximum absolute atomic E-state index is 6.13. The van der Waals surface area contributed by atoms with Gasteiger partial charge >= 0.3 is 0 Å². The third kappa shape index (κ3) is 2.79. The van der Waals surface area contributed by atoms with Gasteiger partial charge in [0.05, 0.1) is 0 Å². The largest absolute Gasteiger partial charge is 0.456 e. The first-order chi connectivity index (χ1) is 9.00. The normalized spacial score (nSPS) is 12.3. The first-order valence-electron chi connectivity index (χ1n) is 6.60. The summed E-state index contributed by atoms with van der Waals surface area (Å²) in [7, 11) is 0. The van der Waals surface area contributed by atoms with Crippen LogP contribution in [0.15, 0.2) is 36.4 Å². The molecule has 0 amide bonds. The topological polar surface area (TPSA) is 35.2 Å². The monoisotopic (exact) mass is 255 g/mol. The molecule has 2 heteroatoms. The van der Waals surface area contributed by atoms with Gasteiger partial charge in [0.15, 0.2) is 0 Å². The van der Waals surface area contributed by atoms with Crippen molar-refractivity contribution < 1.29 is 4.74 Å². The molecule has 0 aliphatic rings. The number of para-hydroxylation sites is 1. The summed E-state index contributed by atoms with van der Waals surface area (Å²) in [5, 5.41) is 0. The van der Waals surface area contributed by atoms with Crippen molar-refractivity contribution in [3.8, 4) is 11.5 Å². The maximum atomic E-state index is 6.13. The molecule has 0 bridgehead atoms. The van der Waals surface area contributed by atoms with E-state index >= 15 is 0 Å². The average Bonchev–Trinajstić information content (AvgIpc) is 2.39. The smallest absolute Gasteiger partial charge is 0.133 e. The molecule has 2 nitrogen and oxygen atoms in total. The van der Waals surface area contributed by atoms with Gasteiger partial charge in [-0.15, -0.1) is 0 Å². The Kier molecular flexibility index (Phi) is 3.91. The van der Waals surface area contributed by atoms with E-state index in [1.807, 2.05) is 31.2 Å². The van der Waals surface area contributed by atoms with Crippen LogP contribution in [0.25, 0.3) is 0 Å². The van der Waals surface area contributed by atoms with Gasteiger partial charge in [-0.05, 0) is 50.5 Å². The predicted octanol–water partition coefficient (Wildman–Crippen LogP) is 4.42. The fraction of sp³-hybridized carbons (Fsp3) is 0.294. The minimum atomic E-state index is -0.0402. The fourth-order valence-corrected chi connectivity index (χ4v) is 2.14. The molecule has 0 fully saturated rings. The van der Waals surface area contributed by atoms with Crippen LogP contribution in [0.3, 0.4) is 0 Å². The predicted molar refractivity (Wildman–Crippen MR) is 79.8 cm³/mol. The second-order valence-corrected chi connectivity index (χ2v) is 5.08. The van der Waals surface area contributed by atoms with E-state index in [4.69, 9.17) is 10.5 Å². The van der Waals surface area contributed by atoms with Gasteiger partial charge in [-0.1, -0.05) is 30.3 Å². The van der Waals surface area contributed by atoms with Crippen molar-refractivity contribution in [3.05, 3.63) is 58.7 Å². The van der Waals surface area contributed by atoms with Crippen molar-refractivity contribution in [3.63, 3.8) is 0 Å². The molecule has 0 aliphatic carbocycles. The van der Waals surface area contributed by atoms with Crippen LogP contribution in [0.2, 0.25) is 0 Å². The van der Waals surface area contributed by atoms with Crippen molar-refractivity contribution in [2.24, 2.45) is 5.73 Å². The molecule has 19 heavy (non-hydrogen) atoms. The Bertz CT molecular complexity index is 588. The van der Waals surface area contributed by atoms with Crippen molar-refractivity contribution in [1.82, 2.24) is 0 Å². The Labute approximate surface area is 115 Å². The number of nitrogens with two attached hydrogens (primary N) is 1. The molecule has 0 heterocycles. The maximum Gasteiger partial charge on any atom is 0.133 e. The number of aryl methyl sites for hydroxylation is 2. The molecule has 0 radical (unpaired) electrons. The quantitative estimate of drug-likeness (QED) is 0.881. The lowest BCUT2D eigenvalue weighted by atomic mass is 10.0. The zero-order valence-electron chi connectivity index (χ0n) is 12.0. The fourth-order valence-electron chi connectivity index (χ4n) is 2.14. The molecule has 0 spiro atoms. The summed E-state index contributed by atoms with van der Waals surface area (Å²) >= 11 is 0. The number of hydrogen-bond donors (Lipinski definition) is 1. The van der Waals surface area contributed by atoms with Gasteiger partial charge in [-0.25, -0.2) is 0 Å². The molecule has 0 unspecified atom stereocenters. The highest BCUT2D eigenvalue weighted by Gasteiger charge is 2.12. The van der Waals surface area contributed by atoms with E-state index < -0.39 is 0 Å². The molecule has 2 N–H and O–H groups in total. The SMILES string of the molecule is Cc1ccc(C)c(Oc2ccccc2[C@H](C)N)c1C. The van der Waals surface area contributed by atoms with Crippen molar-refractivity contribution >= 4 is 0 Å². The lowest BCUT2D eigenvalue weighted by Crippen LogP contribution is -2.07. The molecule has 2 rings (SSSR count). The van der Waals surface area contributed by atoms with Crippen LogP contribution < -0.4 is 10.5 Å². The minimum Gasteiger partial charge on any atom is -0.456 e. The second-order valence-electron chi connectivity index (χ2n) is 5.08. The lowest BCUT2D eigenvalue weighted by molar-refractivity contribution is 0.464. The Morgan fingerprint density at radius 2 is 1.58 bits per heavy atom. The van der Waals surface area contributed by atoms with Crippen LogP contribution in [-0.4, -0.2) is 0 Å². The van der Waals surface area contributed by atoms with E-state index in [1.165, 1.54) is 11.1 Å². The van der Waals surface area contributed by atoms with Gasteiger partial charge in [0.2, 0.25) is 0 Å². The van der Waals surface area contributed by atoms with Crippen molar-refractivity contribution in [2.75, 3.05) is 0 Å². The van der Waals surface area contributed by atoms with E-state index in [0.29, 0.717) is 0 Å². The van der Waals surface area contributed by atoms with Crippen molar-refractivity contribution in [1.29, 1.82) is 0 Å². The number of benzene rings is 2. The molecule has 1 atom stereocenters. The van der Waals surface area contributed by atoms with Crippen LogP contribution in [0.1, 0.15) is 35.2 Å². The summed E-state index contributed by atoms with van der Waals surface area (Å²) in [6.45, 7) is 8.22. The first-order valence-corrected chi connectivity index (χ1v) is 6.60. The van der Waals surface area contributed by atoms with Gasteiger partial charge < -0.3 is 10.5 Å². The number of hydrogen-bond acceptors (Lipinski definition) is 2. The van der Waals surface area contributed by atoms with E-state index in [9.17, 15) is 0 Å². The molecule has 0 aliphatic heterocycles. The Morgan fingerprint density at radius 1 is 0.947 bits per heavy atom. The molecular formula is C17H21NO. The molecule has 2 aromatic rings. The van der Waals surface area contributed by atoms with Gasteiger partial charge in [-0.3, -0.25) is 0 Å². The first kappa shape index (κ1) is 13.6. The zero-order chi connectivity index (χ0) is 14.0. The average molecular weight is 255 g/mol. The van der Waals surface area contributed by atoms with Gasteiger partial charge in [0.25, 0.3) is 0 Å². The molecular weight excluding hydrogens is 234 g/mol. The Hall–Kier alpha value is -1.80. The van der Waals surface area contributed by atoms with Crippen LogP contribution in [0, 0.1) is 20.8 Å².